The maximum Gasteiger partial charge on any atom is 0.0787 e. The fourth-order valence-corrected chi connectivity index (χ4v) is 2.70. The molecule has 1 aromatic rings. The maximum absolute atomic E-state index is 5.91. The monoisotopic (exact) mass is 250 g/mol. The number of rotatable bonds is 3. The molecule has 0 heterocycles. The Kier molecular flexibility index (Phi) is 4.49. The minimum absolute atomic E-state index is 0.693. The number of allylic oxidation sites excluding steroid dienone is 1. The summed E-state index contributed by atoms with van der Waals surface area (Å²) in [6.45, 7) is 0. The molecule has 0 unspecified atom stereocenters. The molecule has 0 amide bonds. The molecule has 1 aliphatic carbocycles. The molecule has 0 saturated heterocycles. The van der Waals surface area contributed by atoms with Crippen molar-refractivity contribution in [3.63, 3.8) is 0 Å². The fourth-order valence-electron chi connectivity index (χ4n) is 2.57. The van der Waals surface area contributed by atoms with E-state index in [9.17, 15) is 0 Å². The van der Waals surface area contributed by atoms with Crippen LogP contribution in [-0.4, -0.2) is 7.11 Å². The average molecular weight is 251 g/mol. The van der Waals surface area contributed by atoms with E-state index in [1.165, 1.54) is 31.2 Å². The van der Waals surface area contributed by atoms with Crippen molar-refractivity contribution in [1.82, 2.24) is 0 Å². The van der Waals surface area contributed by atoms with Crippen LogP contribution in [0.2, 0.25) is 5.02 Å². The largest absolute Gasteiger partial charge is 0.505 e. The van der Waals surface area contributed by atoms with Gasteiger partial charge in [0, 0.05) is 5.02 Å². The quantitative estimate of drug-likeness (QED) is 0.702. The van der Waals surface area contributed by atoms with Crippen LogP contribution in [0.25, 0.3) is 0 Å². The Balaban J connectivity index is 1.90. The van der Waals surface area contributed by atoms with E-state index in [4.69, 9.17) is 16.3 Å². The summed E-state index contributed by atoms with van der Waals surface area (Å²) in [6, 6.07) is 8.32. The van der Waals surface area contributed by atoms with Gasteiger partial charge in [0.05, 0.1) is 13.4 Å². The molecule has 2 heteroatoms. The Bertz CT molecular complexity index is 361. The molecule has 0 spiro atoms. The summed E-state index contributed by atoms with van der Waals surface area (Å²) in [5.41, 5.74) is 1.43. The molecule has 17 heavy (non-hydrogen) atoms. The van der Waals surface area contributed by atoms with E-state index in [-0.39, 0.29) is 0 Å². The van der Waals surface area contributed by atoms with E-state index >= 15 is 0 Å². The maximum atomic E-state index is 5.91. The topological polar surface area (TPSA) is 9.23 Å². The van der Waals surface area contributed by atoms with Crippen molar-refractivity contribution >= 4 is 11.6 Å². The third-order valence-corrected chi connectivity index (χ3v) is 3.85. The third kappa shape index (κ3) is 3.50. The zero-order chi connectivity index (χ0) is 12.1. The van der Waals surface area contributed by atoms with E-state index < -0.39 is 0 Å². The number of halogens is 1. The molecule has 0 radical (unpaired) electrons. The van der Waals surface area contributed by atoms with E-state index in [1.54, 1.807) is 7.11 Å². The second-order valence-corrected chi connectivity index (χ2v) is 5.16. The van der Waals surface area contributed by atoms with Gasteiger partial charge in [-0.1, -0.05) is 23.7 Å². The predicted octanol–water partition coefficient (Wildman–Crippen LogP) is 4.77. The fraction of sp³-hybridized carbons (Fsp3) is 0.467. The van der Waals surface area contributed by atoms with Crippen molar-refractivity contribution < 1.29 is 4.74 Å². The molecule has 1 fully saturated rings. The summed E-state index contributed by atoms with van der Waals surface area (Å²) in [5, 5.41) is 0.825. The smallest absolute Gasteiger partial charge is 0.0787 e. The van der Waals surface area contributed by atoms with Gasteiger partial charge in [-0.3, -0.25) is 0 Å². The van der Waals surface area contributed by atoms with E-state index in [1.807, 2.05) is 18.4 Å². The summed E-state index contributed by atoms with van der Waals surface area (Å²) in [4.78, 5) is 0. The van der Waals surface area contributed by atoms with Crippen molar-refractivity contribution in [2.45, 2.75) is 31.6 Å². The van der Waals surface area contributed by atoms with Crippen molar-refractivity contribution in [2.75, 3.05) is 7.11 Å². The minimum atomic E-state index is 0.693. The van der Waals surface area contributed by atoms with Gasteiger partial charge in [0.25, 0.3) is 0 Å². The Morgan fingerprint density at radius 1 is 1.12 bits per heavy atom. The Morgan fingerprint density at radius 3 is 2.35 bits per heavy atom. The molecule has 1 saturated carbocycles. The van der Waals surface area contributed by atoms with Crippen LogP contribution in [0.15, 0.2) is 36.6 Å². The highest BCUT2D eigenvalue weighted by molar-refractivity contribution is 6.30. The van der Waals surface area contributed by atoms with E-state index in [0.717, 1.165) is 5.02 Å². The lowest BCUT2D eigenvalue weighted by Crippen LogP contribution is -2.11. The van der Waals surface area contributed by atoms with Crippen molar-refractivity contribution in [3.8, 4) is 0 Å². The predicted molar refractivity (Wildman–Crippen MR) is 72.3 cm³/mol. The van der Waals surface area contributed by atoms with E-state index in [0.29, 0.717) is 11.8 Å². The summed E-state index contributed by atoms with van der Waals surface area (Å²) < 4.78 is 4.97. The summed E-state index contributed by atoms with van der Waals surface area (Å²) in [7, 11) is 1.70. The van der Waals surface area contributed by atoms with Crippen molar-refractivity contribution in [2.24, 2.45) is 5.92 Å². The molecule has 1 aliphatic rings. The Labute approximate surface area is 108 Å². The van der Waals surface area contributed by atoms with Gasteiger partial charge in [-0.05, 0) is 61.3 Å². The van der Waals surface area contributed by atoms with Crippen molar-refractivity contribution in [3.05, 3.63) is 47.2 Å². The standard InChI is InChI=1S/C15H19ClO/c1-17-11-10-12-2-4-13(5-3-12)14-6-8-15(16)9-7-14/h6-13H,2-5H2,1H3/t12-,13-. The van der Waals surface area contributed by atoms with Crippen LogP contribution >= 0.6 is 11.6 Å². The van der Waals surface area contributed by atoms with E-state index in [2.05, 4.69) is 18.2 Å². The zero-order valence-electron chi connectivity index (χ0n) is 10.2. The molecule has 0 aliphatic heterocycles. The highest BCUT2D eigenvalue weighted by Crippen LogP contribution is 2.36. The van der Waals surface area contributed by atoms with Crippen molar-refractivity contribution in [1.29, 1.82) is 0 Å². The van der Waals surface area contributed by atoms with Gasteiger partial charge in [-0.25, -0.2) is 0 Å². The number of hydrogen-bond donors (Lipinski definition) is 0. The molecular weight excluding hydrogens is 232 g/mol. The Hall–Kier alpha value is -0.950. The van der Waals surface area contributed by atoms with Gasteiger partial charge >= 0.3 is 0 Å². The summed E-state index contributed by atoms with van der Waals surface area (Å²) >= 11 is 5.91. The normalized spacial score (nSPS) is 25.1. The van der Waals surface area contributed by atoms with Crippen LogP contribution in [0.1, 0.15) is 37.2 Å². The molecule has 0 bridgehead atoms. The number of benzene rings is 1. The first kappa shape index (κ1) is 12.5. The number of methoxy groups -OCH3 is 1. The molecule has 0 atom stereocenters. The van der Waals surface area contributed by atoms with Crippen LogP contribution in [-0.2, 0) is 4.74 Å². The van der Waals surface area contributed by atoms with Crippen LogP contribution in [0.3, 0.4) is 0 Å². The Morgan fingerprint density at radius 2 is 1.76 bits per heavy atom. The second-order valence-electron chi connectivity index (χ2n) is 4.73. The molecule has 0 aromatic heterocycles. The lowest BCUT2D eigenvalue weighted by Gasteiger charge is -2.26. The zero-order valence-corrected chi connectivity index (χ0v) is 11.0. The van der Waals surface area contributed by atoms with Gasteiger partial charge in [-0.15, -0.1) is 0 Å². The molecule has 1 nitrogen and oxygen atoms in total. The van der Waals surface area contributed by atoms with Gasteiger partial charge in [0.15, 0.2) is 0 Å². The highest BCUT2D eigenvalue weighted by Gasteiger charge is 2.20. The average Bonchev–Trinajstić information content (AvgIpc) is 2.38. The summed E-state index contributed by atoms with van der Waals surface area (Å²) in [6.07, 6.45) is 9.05. The molecule has 0 N–H and O–H groups in total. The third-order valence-electron chi connectivity index (χ3n) is 3.60. The lowest BCUT2D eigenvalue weighted by molar-refractivity contribution is 0.322. The summed E-state index contributed by atoms with van der Waals surface area (Å²) in [5.74, 6) is 1.40. The van der Waals surface area contributed by atoms with Gasteiger partial charge in [0.1, 0.15) is 0 Å². The first-order valence-electron chi connectivity index (χ1n) is 6.24. The molecule has 1 aromatic carbocycles. The lowest BCUT2D eigenvalue weighted by atomic mass is 9.79. The first-order valence-corrected chi connectivity index (χ1v) is 6.62. The SMILES string of the molecule is COC=C[C@H]1CC[C@H](c2ccc(Cl)cc2)CC1. The molecule has 92 valence electrons. The minimum Gasteiger partial charge on any atom is -0.505 e. The van der Waals surface area contributed by atoms with Gasteiger partial charge in [0.2, 0.25) is 0 Å². The van der Waals surface area contributed by atoms with Gasteiger partial charge in [-0.2, -0.15) is 0 Å². The van der Waals surface area contributed by atoms with Crippen LogP contribution in [0.5, 0.6) is 0 Å². The molecule has 2 rings (SSSR count). The number of ether oxygens (including phenoxy) is 1. The molecular formula is C15H19ClO. The van der Waals surface area contributed by atoms with Gasteiger partial charge < -0.3 is 4.74 Å². The van der Waals surface area contributed by atoms with Crippen LogP contribution in [0, 0.1) is 5.92 Å². The van der Waals surface area contributed by atoms with Crippen LogP contribution in [0.4, 0.5) is 0 Å². The highest BCUT2D eigenvalue weighted by atomic mass is 35.5. The second kappa shape index (κ2) is 6.11. The van der Waals surface area contributed by atoms with Crippen LogP contribution < -0.4 is 0 Å². The first-order chi connectivity index (χ1) is 8.29. The number of hydrogen-bond acceptors (Lipinski definition) is 1.